The molecule has 1 amide bonds. The number of amides is 1. The van der Waals surface area contributed by atoms with Crippen molar-refractivity contribution in [1.29, 1.82) is 0 Å². The molecule has 0 saturated heterocycles. The Morgan fingerprint density at radius 2 is 2.00 bits per heavy atom. The Bertz CT molecular complexity index is 297. The standard InChI is InChI=1S/C10H15N3O/c1-8(11)10(14)12-13(2)9-6-4-3-5-7-9/h3-8H,11H2,1-2H3,(H,12,14). The smallest absolute Gasteiger partial charge is 0.255 e. The highest BCUT2D eigenvalue weighted by Crippen LogP contribution is 2.08. The summed E-state index contributed by atoms with van der Waals surface area (Å²) in [6.45, 7) is 1.65. The Kier molecular flexibility index (Phi) is 3.48. The average molecular weight is 193 g/mol. The lowest BCUT2D eigenvalue weighted by Crippen LogP contribution is -2.46. The second-order valence-corrected chi connectivity index (χ2v) is 3.16. The zero-order chi connectivity index (χ0) is 10.6. The highest BCUT2D eigenvalue weighted by atomic mass is 16.2. The number of hydrazine groups is 1. The predicted octanol–water partition coefficient (Wildman–Crippen LogP) is 0.501. The fourth-order valence-corrected chi connectivity index (χ4v) is 0.983. The number of nitrogens with one attached hydrogen (secondary N) is 1. The van der Waals surface area contributed by atoms with Crippen LogP contribution in [0.4, 0.5) is 5.69 Å². The van der Waals surface area contributed by atoms with Gasteiger partial charge in [-0.15, -0.1) is 0 Å². The SMILES string of the molecule is CC(N)C(=O)NN(C)c1ccccc1. The summed E-state index contributed by atoms with van der Waals surface area (Å²) in [6.07, 6.45) is 0. The average Bonchev–Trinajstić information content (AvgIpc) is 2.19. The molecule has 1 aromatic carbocycles. The molecule has 1 atom stereocenters. The van der Waals surface area contributed by atoms with Crippen molar-refractivity contribution in [3.05, 3.63) is 30.3 Å². The first kappa shape index (κ1) is 10.5. The maximum Gasteiger partial charge on any atom is 0.255 e. The highest BCUT2D eigenvalue weighted by Gasteiger charge is 2.09. The Morgan fingerprint density at radius 3 is 2.50 bits per heavy atom. The number of nitrogens with zero attached hydrogens (tertiary/aromatic N) is 1. The van der Waals surface area contributed by atoms with Crippen molar-refractivity contribution in [2.24, 2.45) is 5.73 Å². The van der Waals surface area contributed by atoms with E-state index in [1.807, 2.05) is 30.3 Å². The summed E-state index contributed by atoms with van der Waals surface area (Å²) in [5, 5.41) is 1.64. The topological polar surface area (TPSA) is 58.4 Å². The van der Waals surface area contributed by atoms with Crippen LogP contribution in [-0.4, -0.2) is 19.0 Å². The molecule has 0 bridgehead atoms. The molecule has 0 aliphatic rings. The Morgan fingerprint density at radius 1 is 1.43 bits per heavy atom. The number of hydrogen-bond acceptors (Lipinski definition) is 3. The van der Waals surface area contributed by atoms with Crippen molar-refractivity contribution in [3.63, 3.8) is 0 Å². The Hall–Kier alpha value is -1.55. The number of benzene rings is 1. The van der Waals surface area contributed by atoms with E-state index in [2.05, 4.69) is 5.43 Å². The second kappa shape index (κ2) is 4.62. The van der Waals surface area contributed by atoms with E-state index >= 15 is 0 Å². The van der Waals surface area contributed by atoms with Gasteiger partial charge in [0.05, 0.1) is 11.7 Å². The van der Waals surface area contributed by atoms with Crippen LogP contribution in [0.5, 0.6) is 0 Å². The van der Waals surface area contributed by atoms with E-state index < -0.39 is 6.04 Å². The van der Waals surface area contributed by atoms with Gasteiger partial charge in [-0.1, -0.05) is 18.2 Å². The first-order valence-electron chi connectivity index (χ1n) is 4.46. The molecule has 0 aliphatic carbocycles. The van der Waals surface area contributed by atoms with E-state index in [1.165, 1.54) is 0 Å². The van der Waals surface area contributed by atoms with Gasteiger partial charge in [0.15, 0.2) is 0 Å². The number of carbonyl (C=O) groups is 1. The molecule has 0 aromatic heterocycles. The summed E-state index contributed by atoms with van der Waals surface area (Å²) in [6, 6.07) is 9.04. The molecule has 0 heterocycles. The summed E-state index contributed by atoms with van der Waals surface area (Å²) in [5.74, 6) is -0.198. The molecule has 76 valence electrons. The van der Waals surface area contributed by atoms with Crippen LogP contribution in [0.25, 0.3) is 0 Å². The van der Waals surface area contributed by atoms with Gasteiger partial charge in [-0.25, -0.2) is 0 Å². The number of nitrogens with two attached hydrogens (primary N) is 1. The van der Waals surface area contributed by atoms with Gasteiger partial charge in [0, 0.05) is 7.05 Å². The second-order valence-electron chi connectivity index (χ2n) is 3.16. The molecule has 0 aliphatic heterocycles. The number of carbonyl (C=O) groups excluding carboxylic acids is 1. The molecule has 14 heavy (non-hydrogen) atoms. The summed E-state index contributed by atoms with van der Waals surface area (Å²) in [7, 11) is 1.77. The Labute approximate surface area is 83.7 Å². The molecule has 3 N–H and O–H groups in total. The lowest BCUT2D eigenvalue weighted by atomic mass is 10.3. The van der Waals surface area contributed by atoms with Gasteiger partial charge in [0.25, 0.3) is 5.91 Å². The number of para-hydroxylation sites is 1. The van der Waals surface area contributed by atoms with Crippen LogP contribution in [0.15, 0.2) is 30.3 Å². The Balaban J connectivity index is 2.59. The lowest BCUT2D eigenvalue weighted by molar-refractivity contribution is -0.122. The summed E-state index contributed by atoms with van der Waals surface area (Å²) >= 11 is 0. The maximum atomic E-state index is 11.2. The monoisotopic (exact) mass is 193 g/mol. The number of hydrogen-bond donors (Lipinski definition) is 2. The van der Waals surface area contributed by atoms with Crippen LogP contribution < -0.4 is 16.2 Å². The normalized spacial score (nSPS) is 11.9. The van der Waals surface area contributed by atoms with Crippen LogP contribution in [-0.2, 0) is 4.79 Å². The molecule has 4 heteroatoms. The predicted molar refractivity (Wildman–Crippen MR) is 56.6 cm³/mol. The van der Waals surface area contributed by atoms with Crippen molar-refractivity contribution in [1.82, 2.24) is 5.43 Å². The summed E-state index contributed by atoms with van der Waals surface area (Å²) in [4.78, 5) is 11.2. The van der Waals surface area contributed by atoms with Crippen molar-refractivity contribution >= 4 is 11.6 Å². The van der Waals surface area contributed by atoms with E-state index in [4.69, 9.17) is 5.73 Å². The van der Waals surface area contributed by atoms with Crippen LogP contribution in [0.2, 0.25) is 0 Å². The molecule has 0 saturated carbocycles. The molecule has 4 nitrogen and oxygen atoms in total. The third-order valence-electron chi connectivity index (χ3n) is 1.83. The van der Waals surface area contributed by atoms with Crippen molar-refractivity contribution < 1.29 is 4.79 Å². The van der Waals surface area contributed by atoms with E-state index in [9.17, 15) is 4.79 Å². The van der Waals surface area contributed by atoms with E-state index in [0.717, 1.165) is 5.69 Å². The molecular weight excluding hydrogens is 178 g/mol. The maximum absolute atomic E-state index is 11.2. The molecule has 0 radical (unpaired) electrons. The van der Waals surface area contributed by atoms with Crippen LogP contribution in [0.3, 0.4) is 0 Å². The third kappa shape index (κ3) is 2.74. The van der Waals surface area contributed by atoms with Gasteiger partial charge in [0.2, 0.25) is 0 Å². The van der Waals surface area contributed by atoms with E-state index in [-0.39, 0.29) is 5.91 Å². The molecular formula is C10H15N3O. The van der Waals surface area contributed by atoms with Crippen molar-refractivity contribution in [2.45, 2.75) is 13.0 Å². The van der Waals surface area contributed by atoms with Crippen molar-refractivity contribution in [3.8, 4) is 0 Å². The summed E-state index contributed by atoms with van der Waals surface area (Å²) < 4.78 is 0. The quantitative estimate of drug-likeness (QED) is 0.687. The minimum Gasteiger partial charge on any atom is -0.320 e. The van der Waals surface area contributed by atoms with Crippen molar-refractivity contribution in [2.75, 3.05) is 12.1 Å². The number of rotatable bonds is 3. The number of anilines is 1. The minimum absolute atomic E-state index is 0.198. The van der Waals surface area contributed by atoms with Gasteiger partial charge in [0.1, 0.15) is 0 Å². The summed E-state index contributed by atoms with van der Waals surface area (Å²) in [5.41, 5.74) is 9.01. The first-order valence-corrected chi connectivity index (χ1v) is 4.46. The molecule has 0 spiro atoms. The van der Waals surface area contributed by atoms with Gasteiger partial charge in [-0.05, 0) is 19.1 Å². The zero-order valence-corrected chi connectivity index (χ0v) is 8.40. The van der Waals surface area contributed by atoms with E-state index in [1.54, 1.807) is 19.0 Å². The lowest BCUT2D eigenvalue weighted by Gasteiger charge is -2.21. The largest absolute Gasteiger partial charge is 0.320 e. The first-order chi connectivity index (χ1) is 6.61. The van der Waals surface area contributed by atoms with Crippen LogP contribution in [0, 0.1) is 0 Å². The highest BCUT2D eigenvalue weighted by molar-refractivity contribution is 5.82. The van der Waals surface area contributed by atoms with E-state index in [0.29, 0.717) is 0 Å². The van der Waals surface area contributed by atoms with Crippen LogP contribution in [0.1, 0.15) is 6.92 Å². The molecule has 1 rings (SSSR count). The molecule has 1 unspecified atom stereocenters. The van der Waals surface area contributed by atoms with Gasteiger partial charge in [-0.3, -0.25) is 15.2 Å². The fourth-order valence-electron chi connectivity index (χ4n) is 0.983. The molecule has 0 fully saturated rings. The van der Waals surface area contributed by atoms with Gasteiger partial charge in [-0.2, -0.15) is 0 Å². The van der Waals surface area contributed by atoms with Gasteiger partial charge < -0.3 is 5.73 Å². The minimum atomic E-state index is -0.499. The van der Waals surface area contributed by atoms with Crippen LogP contribution >= 0.6 is 0 Å². The zero-order valence-electron chi connectivity index (χ0n) is 8.40. The van der Waals surface area contributed by atoms with Gasteiger partial charge >= 0.3 is 0 Å². The molecule has 1 aromatic rings. The third-order valence-corrected chi connectivity index (χ3v) is 1.83. The fraction of sp³-hybridized carbons (Fsp3) is 0.300.